The van der Waals surface area contributed by atoms with Gasteiger partial charge in [-0.15, -0.1) is 22.7 Å². The Kier molecular flexibility index (Phi) is 5.90. The van der Waals surface area contributed by atoms with Gasteiger partial charge in [0, 0.05) is 15.8 Å². The molecule has 0 spiro atoms. The molecule has 0 saturated carbocycles. The number of nitrogens with one attached hydrogen (secondary N) is 1. The quantitative estimate of drug-likeness (QED) is 0.437. The van der Waals surface area contributed by atoms with Gasteiger partial charge in [0.2, 0.25) is 5.91 Å². The standard InChI is InChI=1S/C22H18FN3O4S2/c1-11-12(2)32-20(17(11)22(29)30-3)25-16(27)8-26-10-24-19-18(21(26)28)15(9-31-19)13-4-6-14(23)7-5-13/h4-7,9-10H,8H2,1-3H3,(H,25,27). The lowest BCUT2D eigenvalue weighted by molar-refractivity contribution is -0.116. The molecule has 0 unspecified atom stereocenters. The van der Waals surface area contributed by atoms with E-state index in [2.05, 4.69) is 10.3 Å². The van der Waals surface area contributed by atoms with Crippen LogP contribution < -0.4 is 10.9 Å². The number of hydrogen-bond donors (Lipinski definition) is 1. The van der Waals surface area contributed by atoms with Crippen LogP contribution in [0.3, 0.4) is 0 Å². The molecule has 3 heterocycles. The summed E-state index contributed by atoms with van der Waals surface area (Å²) in [6.45, 7) is 3.35. The van der Waals surface area contributed by atoms with Crippen LogP contribution in [-0.4, -0.2) is 28.5 Å². The fraction of sp³-hybridized carbons (Fsp3) is 0.182. The molecule has 0 radical (unpaired) electrons. The lowest BCUT2D eigenvalue weighted by atomic mass is 10.1. The van der Waals surface area contributed by atoms with E-state index in [1.54, 1.807) is 24.4 Å². The summed E-state index contributed by atoms with van der Waals surface area (Å²) >= 11 is 2.57. The maximum absolute atomic E-state index is 13.3. The zero-order chi connectivity index (χ0) is 23.0. The number of methoxy groups -OCH3 is 1. The van der Waals surface area contributed by atoms with Crippen molar-refractivity contribution in [3.63, 3.8) is 0 Å². The third kappa shape index (κ3) is 3.94. The van der Waals surface area contributed by atoms with Gasteiger partial charge in [0.05, 0.1) is 24.4 Å². The van der Waals surface area contributed by atoms with Gasteiger partial charge in [-0.25, -0.2) is 14.2 Å². The van der Waals surface area contributed by atoms with Crippen molar-refractivity contribution in [3.05, 3.63) is 68.1 Å². The van der Waals surface area contributed by atoms with Crippen molar-refractivity contribution in [1.82, 2.24) is 9.55 Å². The summed E-state index contributed by atoms with van der Waals surface area (Å²) in [7, 11) is 1.28. The molecular formula is C22H18FN3O4S2. The fourth-order valence-corrected chi connectivity index (χ4v) is 5.28. The highest BCUT2D eigenvalue weighted by atomic mass is 32.1. The highest BCUT2D eigenvalue weighted by Gasteiger charge is 2.22. The highest BCUT2D eigenvalue weighted by molar-refractivity contribution is 7.17. The smallest absolute Gasteiger partial charge is 0.341 e. The van der Waals surface area contributed by atoms with Crippen molar-refractivity contribution in [2.24, 2.45) is 0 Å². The van der Waals surface area contributed by atoms with Gasteiger partial charge in [0.1, 0.15) is 22.2 Å². The highest BCUT2D eigenvalue weighted by Crippen LogP contribution is 2.33. The summed E-state index contributed by atoms with van der Waals surface area (Å²) in [5.41, 5.74) is 1.98. The Bertz CT molecular complexity index is 1400. The van der Waals surface area contributed by atoms with Crippen LogP contribution in [0.25, 0.3) is 21.3 Å². The Hall–Kier alpha value is -3.37. The zero-order valence-electron chi connectivity index (χ0n) is 17.4. The first-order valence-corrected chi connectivity index (χ1v) is 11.2. The molecule has 4 aromatic rings. The number of aromatic nitrogens is 2. The van der Waals surface area contributed by atoms with E-state index < -0.39 is 11.9 Å². The summed E-state index contributed by atoms with van der Waals surface area (Å²) in [4.78, 5) is 43.6. The first-order valence-electron chi connectivity index (χ1n) is 9.51. The van der Waals surface area contributed by atoms with Crippen LogP contribution in [0.1, 0.15) is 20.8 Å². The lowest BCUT2D eigenvalue weighted by Crippen LogP contribution is -2.28. The number of aryl methyl sites for hydroxylation is 1. The molecule has 1 amide bonds. The lowest BCUT2D eigenvalue weighted by Gasteiger charge is -2.08. The number of esters is 1. The van der Waals surface area contributed by atoms with E-state index in [1.165, 1.54) is 52.8 Å². The third-order valence-electron chi connectivity index (χ3n) is 5.06. The van der Waals surface area contributed by atoms with E-state index in [1.807, 2.05) is 6.92 Å². The van der Waals surface area contributed by atoms with E-state index in [-0.39, 0.29) is 17.9 Å². The normalized spacial score (nSPS) is 11.0. The van der Waals surface area contributed by atoms with Crippen molar-refractivity contribution in [2.75, 3.05) is 12.4 Å². The Morgan fingerprint density at radius 3 is 2.62 bits per heavy atom. The molecular weight excluding hydrogens is 453 g/mol. The molecule has 3 aromatic heterocycles. The number of thiophene rings is 2. The molecule has 1 aromatic carbocycles. The molecule has 0 fully saturated rings. The number of hydrogen-bond acceptors (Lipinski definition) is 7. The topological polar surface area (TPSA) is 90.3 Å². The Morgan fingerprint density at radius 1 is 1.22 bits per heavy atom. The molecule has 0 atom stereocenters. The monoisotopic (exact) mass is 471 g/mol. The number of nitrogens with zero attached hydrogens (tertiary/aromatic N) is 2. The van der Waals surface area contributed by atoms with Gasteiger partial charge in [-0.05, 0) is 37.1 Å². The van der Waals surface area contributed by atoms with Gasteiger partial charge in [-0.3, -0.25) is 14.2 Å². The molecule has 0 bridgehead atoms. The largest absolute Gasteiger partial charge is 0.465 e. The second-order valence-electron chi connectivity index (χ2n) is 7.04. The Balaban J connectivity index is 1.65. The van der Waals surface area contributed by atoms with Crippen LogP contribution in [0.5, 0.6) is 0 Å². The van der Waals surface area contributed by atoms with Crippen LogP contribution >= 0.6 is 22.7 Å². The first-order chi connectivity index (χ1) is 15.3. The van der Waals surface area contributed by atoms with Crippen LogP contribution in [0, 0.1) is 19.7 Å². The number of halogens is 1. The van der Waals surface area contributed by atoms with Gasteiger partial charge in [0.15, 0.2) is 0 Å². The van der Waals surface area contributed by atoms with Gasteiger partial charge < -0.3 is 10.1 Å². The molecule has 7 nitrogen and oxygen atoms in total. The minimum atomic E-state index is -0.537. The van der Waals surface area contributed by atoms with Crippen LogP contribution in [0.15, 0.2) is 40.8 Å². The Labute approximate surface area is 190 Å². The van der Waals surface area contributed by atoms with E-state index in [9.17, 15) is 18.8 Å². The maximum Gasteiger partial charge on any atom is 0.341 e. The van der Waals surface area contributed by atoms with Crippen molar-refractivity contribution < 1.29 is 18.7 Å². The van der Waals surface area contributed by atoms with Gasteiger partial charge in [-0.1, -0.05) is 12.1 Å². The fourth-order valence-electron chi connectivity index (χ4n) is 3.31. The summed E-state index contributed by atoms with van der Waals surface area (Å²) in [5, 5.41) is 5.24. The summed E-state index contributed by atoms with van der Waals surface area (Å²) < 4.78 is 19.3. The average molecular weight is 472 g/mol. The molecule has 1 N–H and O–H groups in total. The summed E-state index contributed by atoms with van der Waals surface area (Å²) in [6, 6.07) is 5.84. The SMILES string of the molecule is COC(=O)c1c(NC(=O)Cn2cnc3scc(-c4ccc(F)cc4)c3c2=O)sc(C)c1C. The maximum atomic E-state index is 13.3. The van der Waals surface area contributed by atoms with E-state index in [0.717, 1.165) is 10.4 Å². The second kappa shape index (κ2) is 8.64. The van der Waals surface area contributed by atoms with Crippen LogP contribution in [0.4, 0.5) is 9.39 Å². The molecule has 164 valence electrons. The second-order valence-corrected chi connectivity index (χ2v) is 9.12. The first kappa shape index (κ1) is 21.8. The predicted octanol–water partition coefficient (Wildman–Crippen LogP) is 4.37. The van der Waals surface area contributed by atoms with E-state index >= 15 is 0 Å². The molecule has 4 rings (SSSR count). The summed E-state index contributed by atoms with van der Waals surface area (Å²) in [6.07, 6.45) is 1.32. The minimum absolute atomic E-state index is 0.281. The summed E-state index contributed by atoms with van der Waals surface area (Å²) in [5.74, 6) is -1.38. The molecule has 32 heavy (non-hydrogen) atoms. The third-order valence-corrected chi connectivity index (χ3v) is 7.07. The minimum Gasteiger partial charge on any atom is -0.465 e. The molecule has 0 aliphatic carbocycles. The van der Waals surface area contributed by atoms with Crippen molar-refractivity contribution in [3.8, 4) is 11.1 Å². The number of anilines is 1. The number of rotatable bonds is 5. The van der Waals surface area contributed by atoms with Crippen LogP contribution in [-0.2, 0) is 16.1 Å². The molecule has 0 aliphatic heterocycles. The van der Waals surface area contributed by atoms with Gasteiger partial charge in [0.25, 0.3) is 5.56 Å². The number of carbonyl (C=O) groups excluding carboxylic acids is 2. The van der Waals surface area contributed by atoms with E-state index in [0.29, 0.717) is 31.9 Å². The van der Waals surface area contributed by atoms with Crippen molar-refractivity contribution in [2.45, 2.75) is 20.4 Å². The molecule has 10 heteroatoms. The number of amides is 1. The Morgan fingerprint density at radius 2 is 1.94 bits per heavy atom. The van der Waals surface area contributed by atoms with Crippen molar-refractivity contribution in [1.29, 1.82) is 0 Å². The zero-order valence-corrected chi connectivity index (χ0v) is 19.0. The van der Waals surface area contributed by atoms with Gasteiger partial charge >= 0.3 is 5.97 Å². The number of carbonyl (C=O) groups is 2. The number of benzene rings is 1. The van der Waals surface area contributed by atoms with Gasteiger partial charge in [-0.2, -0.15) is 0 Å². The molecule has 0 saturated heterocycles. The predicted molar refractivity (Wildman–Crippen MR) is 123 cm³/mol. The van der Waals surface area contributed by atoms with Crippen molar-refractivity contribution >= 4 is 49.8 Å². The molecule has 0 aliphatic rings. The number of fused-ring (bicyclic) bond motifs is 1. The van der Waals surface area contributed by atoms with Crippen LogP contribution in [0.2, 0.25) is 0 Å². The van der Waals surface area contributed by atoms with E-state index in [4.69, 9.17) is 4.74 Å². The number of ether oxygens (including phenoxy) is 1. The average Bonchev–Trinajstić information content (AvgIpc) is 3.31.